The Hall–Kier alpha value is -1.63. The first-order chi connectivity index (χ1) is 13.9. The van der Waals surface area contributed by atoms with Crippen molar-refractivity contribution >= 4 is 38.9 Å². The van der Waals surface area contributed by atoms with Crippen LogP contribution in [0.1, 0.15) is 54.4 Å². The van der Waals surface area contributed by atoms with Gasteiger partial charge in [0, 0.05) is 25.5 Å². The van der Waals surface area contributed by atoms with Gasteiger partial charge in [-0.1, -0.05) is 55.0 Å². The van der Waals surface area contributed by atoms with Crippen LogP contribution >= 0.6 is 23.2 Å². The number of nitrogens with zero attached hydrogens (tertiary/aromatic N) is 2. The van der Waals surface area contributed by atoms with E-state index in [1.165, 1.54) is 37.4 Å². The van der Waals surface area contributed by atoms with Gasteiger partial charge in [-0.15, -0.1) is 0 Å². The fourth-order valence-electron chi connectivity index (χ4n) is 3.56. The predicted molar refractivity (Wildman–Crippen MR) is 115 cm³/mol. The standard InChI is InChI=1S/C21H24Cl2N2O3S/c22-18-8-7-9-19(23)20(18)29(27,28)15-16-12-17(14-24-13-16)21(26)25-10-5-3-1-2-4-6-11-25/h7-9,12-14H,1-6,10-11,15H2. The van der Waals surface area contributed by atoms with E-state index in [1.807, 2.05) is 4.90 Å². The van der Waals surface area contributed by atoms with E-state index in [2.05, 4.69) is 4.98 Å². The van der Waals surface area contributed by atoms with Crippen LogP contribution in [0.2, 0.25) is 10.0 Å². The van der Waals surface area contributed by atoms with E-state index in [1.54, 1.807) is 12.1 Å². The van der Waals surface area contributed by atoms with Gasteiger partial charge in [0.1, 0.15) is 4.90 Å². The molecule has 1 saturated heterocycles. The van der Waals surface area contributed by atoms with Crippen molar-refractivity contribution in [2.24, 2.45) is 0 Å². The highest BCUT2D eigenvalue weighted by atomic mass is 35.5. The molecule has 156 valence electrons. The van der Waals surface area contributed by atoms with Gasteiger partial charge < -0.3 is 4.90 Å². The molecule has 0 saturated carbocycles. The maximum Gasteiger partial charge on any atom is 0.255 e. The average molecular weight is 455 g/mol. The summed E-state index contributed by atoms with van der Waals surface area (Å²) in [4.78, 5) is 18.8. The third kappa shape index (κ3) is 5.71. The van der Waals surface area contributed by atoms with E-state index < -0.39 is 9.84 Å². The number of carbonyl (C=O) groups is 1. The molecular weight excluding hydrogens is 431 g/mol. The van der Waals surface area contributed by atoms with Gasteiger partial charge in [0.15, 0.2) is 9.84 Å². The highest BCUT2D eigenvalue weighted by Gasteiger charge is 2.23. The number of hydrogen-bond acceptors (Lipinski definition) is 4. The van der Waals surface area contributed by atoms with Crippen LogP contribution in [0.3, 0.4) is 0 Å². The van der Waals surface area contributed by atoms with Crippen molar-refractivity contribution < 1.29 is 13.2 Å². The zero-order chi connectivity index (χ0) is 20.9. The summed E-state index contributed by atoms with van der Waals surface area (Å²) in [5.41, 5.74) is 0.832. The van der Waals surface area contributed by atoms with Gasteiger partial charge in [-0.25, -0.2) is 8.42 Å². The molecule has 29 heavy (non-hydrogen) atoms. The zero-order valence-electron chi connectivity index (χ0n) is 16.1. The molecule has 1 amide bonds. The Morgan fingerprint density at radius 3 is 2.17 bits per heavy atom. The molecular formula is C21H24Cl2N2O3S. The molecule has 1 aromatic heterocycles. The van der Waals surface area contributed by atoms with Crippen molar-refractivity contribution in [3.8, 4) is 0 Å². The number of pyridine rings is 1. The summed E-state index contributed by atoms with van der Waals surface area (Å²) in [5, 5.41) is 0.156. The van der Waals surface area contributed by atoms with Crippen molar-refractivity contribution in [1.82, 2.24) is 9.88 Å². The second-order valence-electron chi connectivity index (χ2n) is 7.31. The molecule has 0 aliphatic carbocycles. The molecule has 2 heterocycles. The lowest BCUT2D eigenvalue weighted by Crippen LogP contribution is -2.33. The Balaban J connectivity index is 1.81. The lowest BCUT2D eigenvalue weighted by molar-refractivity contribution is 0.0752. The van der Waals surface area contributed by atoms with Crippen molar-refractivity contribution in [1.29, 1.82) is 0 Å². The number of carbonyl (C=O) groups excluding carboxylic acids is 1. The Morgan fingerprint density at radius 2 is 1.55 bits per heavy atom. The minimum Gasteiger partial charge on any atom is -0.339 e. The van der Waals surface area contributed by atoms with Crippen LogP contribution in [-0.4, -0.2) is 37.3 Å². The van der Waals surface area contributed by atoms with Gasteiger partial charge in [0.25, 0.3) is 5.91 Å². The molecule has 1 aliphatic rings. The molecule has 1 aliphatic heterocycles. The van der Waals surface area contributed by atoms with Gasteiger partial charge in [0.05, 0.1) is 21.4 Å². The fourth-order valence-corrected chi connectivity index (χ4v) is 6.14. The Morgan fingerprint density at radius 1 is 0.966 bits per heavy atom. The first-order valence-electron chi connectivity index (χ1n) is 9.78. The molecule has 8 heteroatoms. The monoisotopic (exact) mass is 454 g/mol. The number of amides is 1. The van der Waals surface area contributed by atoms with E-state index in [4.69, 9.17) is 23.2 Å². The highest BCUT2D eigenvalue weighted by Crippen LogP contribution is 2.31. The van der Waals surface area contributed by atoms with E-state index in [0.29, 0.717) is 11.1 Å². The largest absolute Gasteiger partial charge is 0.339 e. The Bertz CT molecular complexity index is 949. The summed E-state index contributed by atoms with van der Waals surface area (Å²) in [5.74, 6) is -0.431. The SMILES string of the molecule is O=C(c1cncc(CS(=O)(=O)c2c(Cl)cccc2Cl)c1)N1CCCCCCCC1. The molecule has 3 rings (SSSR count). The molecule has 2 aromatic rings. The van der Waals surface area contributed by atoms with Crippen LogP contribution in [0.15, 0.2) is 41.6 Å². The molecule has 0 radical (unpaired) electrons. The number of rotatable bonds is 4. The van der Waals surface area contributed by atoms with Gasteiger partial charge in [-0.05, 0) is 36.6 Å². The Labute approximate surface area is 182 Å². The van der Waals surface area contributed by atoms with Crippen molar-refractivity contribution in [2.75, 3.05) is 13.1 Å². The second-order valence-corrected chi connectivity index (χ2v) is 10.0. The van der Waals surface area contributed by atoms with E-state index in [0.717, 1.165) is 38.8 Å². The van der Waals surface area contributed by atoms with E-state index in [-0.39, 0.29) is 26.6 Å². The summed E-state index contributed by atoms with van der Waals surface area (Å²) >= 11 is 12.1. The topological polar surface area (TPSA) is 67.3 Å². The molecule has 1 fully saturated rings. The molecule has 5 nitrogen and oxygen atoms in total. The molecule has 0 unspecified atom stereocenters. The zero-order valence-corrected chi connectivity index (χ0v) is 18.4. The van der Waals surface area contributed by atoms with E-state index >= 15 is 0 Å². The maximum absolute atomic E-state index is 13.0. The summed E-state index contributed by atoms with van der Waals surface area (Å²) < 4.78 is 25.7. The van der Waals surface area contributed by atoms with E-state index in [9.17, 15) is 13.2 Å². The number of aromatic nitrogens is 1. The highest BCUT2D eigenvalue weighted by molar-refractivity contribution is 7.90. The quantitative estimate of drug-likeness (QED) is 0.639. The number of benzene rings is 1. The molecule has 0 atom stereocenters. The van der Waals surface area contributed by atoms with Crippen LogP contribution in [-0.2, 0) is 15.6 Å². The molecule has 0 N–H and O–H groups in total. The summed E-state index contributed by atoms with van der Waals surface area (Å²) in [6.45, 7) is 1.44. The summed E-state index contributed by atoms with van der Waals surface area (Å²) in [7, 11) is -3.79. The van der Waals surface area contributed by atoms with Crippen molar-refractivity contribution in [3.05, 3.63) is 57.8 Å². The Kier molecular flexibility index (Phi) is 7.55. The molecule has 0 spiro atoms. The smallest absolute Gasteiger partial charge is 0.255 e. The summed E-state index contributed by atoms with van der Waals surface area (Å²) in [6, 6.07) is 6.17. The van der Waals surface area contributed by atoms with Gasteiger partial charge in [-0.3, -0.25) is 9.78 Å². The van der Waals surface area contributed by atoms with Gasteiger partial charge >= 0.3 is 0 Å². The minimum absolute atomic E-state index is 0.0781. The average Bonchev–Trinajstić information content (AvgIpc) is 2.81. The molecule has 0 bridgehead atoms. The van der Waals surface area contributed by atoms with Crippen molar-refractivity contribution in [2.45, 2.75) is 49.2 Å². The minimum atomic E-state index is -3.79. The van der Waals surface area contributed by atoms with Gasteiger partial charge in [-0.2, -0.15) is 0 Å². The van der Waals surface area contributed by atoms with Gasteiger partial charge in [0.2, 0.25) is 0 Å². The third-order valence-corrected chi connectivity index (χ3v) is 7.65. The van der Waals surface area contributed by atoms with Crippen LogP contribution in [0.25, 0.3) is 0 Å². The van der Waals surface area contributed by atoms with Crippen LogP contribution in [0.5, 0.6) is 0 Å². The van der Waals surface area contributed by atoms with Crippen molar-refractivity contribution in [3.63, 3.8) is 0 Å². The lowest BCUT2D eigenvalue weighted by atomic mass is 10.1. The van der Waals surface area contributed by atoms with Crippen LogP contribution in [0, 0.1) is 0 Å². The number of sulfone groups is 1. The normalized spacial score (nSPS) is 16.0. The summed E-state index contributed by atoms with van der Waals surface area (Å²) in [6.07, 6.45) is 9.59. The molecule has 1 aromatic carbocycles. The maximum atomic E-state index is 13.0. The second kappa shape index (κ2) is 9.92. The lowest BCUT2D eigenvalue weighted by Gasteiger charge is -2.22. The number of hydrogen-bond donors (Lipinski definition) is 0. The first kappa shape index (κ1) is 22.1. The fraction of sp³-hybridized carbons (Fsp3) is 0.429. The predicted octanol–water partition coefficient (Wildman–Crippen LogP) is 5.16. The third-order valence-electron chi connectivity index (χ3n) is 5.02. The number of halogens is 2. The van der Waals surface area contributed by atoms with Crippen LogP contribution < -0.4 is 0 Å². The van der Waals surface area contributed by atoms with Crippen LogP contribution in [0.4, 0.5) is 0 Å². The first-order valence-corrected chi connectivity index (χ1v) is 12.2.